The SMILES string of the molecule is CC1(C)COCCN1C(=O)Nc1ccccc1C(=O)O. The van der Waals surface area contributed by atoms with Crippen LogP contribution in [0.2, 0.25) is 0 Å². The number of rotatable bonds is 2. The van der Waals surface area contributed by atoms with Crippen LogP contribution < -0.4 is 5.32 Å². The number of nitrogens with zero attached hydrogens (tertiary/aromatic N) is 1. The topological polar surface area (TPSA) is 78.9 Å². The number of morpholine rings is 1. The molecule has 6 nitrogen and oxygen atoms in total. The number of nitrogens with one attached hydrogen (secondary N) is 1. The van der Waals surface area contributed by atoms with E-state index < -0.39 is 11.5 Å². The maximum atomic E-state index is 12.3. The minimum absolute atomic E-state index is 0.0758. The number of carboxylic acid groups (broad SMARTS) is 1. The van der Waals surface area contributed by atoms with Crippen LogP contribution in [0.25, 0.3) is 0 Å². The van der Waals surface area contributed by atoms with E-state index in [1.54, 1.807) is 23.1 Å². The molecule has 1 saturated heterocycles. The Hall–Kier alpha value is -2.08. The lowest BCUT2D eigenvalue weighted by atomic mass is 10.0. The van der Waals surface area contributed by atoms with Crippen LogP contribution in [0, 0.1) is 0 Å². The van der Waals surface area contributed by atoms with Gasteiger partial charge in [-0.2, -0.15) is 0 Å². The Balaban J connectivity index is 2.18. The van der Waals surface area contributed by atoms with Crippen molar-refractivity contribution < 1.29 is 19.4 Å². The summed E-state index contributed by atoms with van der Waals surface area (Å²) in [7, 11) is 0. The number of ether oxygens (including phenoxy) is 1. The van der Waals surface area contributed by atoms with Gasteiger partial charge in [0.2, 0.25) is 0 Å². The zero-order valence-electron chi connectivity index (χ0n) is 11.5. The summed E-state index contributed by atoms with van der Waals surface area (Å²) in [4.78, 5) is 25.1. The largest absolute Gasteiger partial charge is 0.478 e. The highest BCUT2D eigenvalue weighted by molar-refractivity contribution is 6.00. The van der Waals surface area contributed by atoms with Gasteiger partial charge in [-0.3, -0.25) is 0 Å². The van der Waals surface area contributed by atoms with E-state index in [9.17, 15) is 9.59 Å². The van der Waals surface area contributed by atoms with Gasteiger partial charge in [0, 0.05) is 6.54 Å². The Labute approximate surface area is 117 Å². The molecule has 2 amide bonds. The lowest BCUT2D eigenvalue weighted by Gasteiger charge is -2.41. The Morgan fingerprint density at radius 2 is 2.05 bits per heavy atom. The van der Waals surface area contributed by atoms with E-state index in [1.165, 1.54) is 6.07 Å². The van der Waals surface area contributed by atoms with Gasteiger partial charge in [0.05, 0.1) is 30.0 Å². The van der Waals surface area contributed by atoms with Crippen LogP contribution >= 0.6 is 0 Å². The van der Waals surface area contributed by atoms with Crippen molar-refractivity contribution in [1.29, 1.82) is 0 Å². The number of amides is 2. The Morgan fingerprint density at radius 3 is 2.70 bits per heavy atom. The second-order valence-electron chi connectivity index (χ2n) is 5.30. The van der Waals surface area contributed by atoms with Crippen LogP contribution in [0.4, 0.5) is 10.5 Å². The molecule has 0 aromatic heterocycles. The number of carboxylic acids is 1. The summed E-state index contributed by atoms with van der Waals surface area (Å²) in [6.07, 6.45) is 0. The number of carbonyl (C=O) groups is 2. The number of hydrogen-bond donors (Lipinski definition) is 2. The average Bonchev–Trinajstić information content (AvgIpc) is 2.38. The van der Waals surface area contributed by atoms with E-state index in [0.29, 0.717) is 25.4 Å². The van der Waals surface area contributed by atoms with Gasteiger partial charge in [-0.25, -0.2) is 9.59 Å². The van der Waals surface area contributed by atoms with E-state index in [1.807, 2.05) is 13.8 Å². The highest BCUT2D eigenvalue weighted by Crippen LogP contribution is 2.22. The summed E-state index contributed by atoms with van der Waals surface area (Å²) in [6.45, 7) is 5.25. The normalized spacial score (nSPS) is 17.6. The first-order chi connectivity index (χ1) is 9.42. The van der Waals surface area contributed by atoms with Crippen LogP contribution in [0.3, 0.4) is 0 Å². The zero-order chi connectivity index (χ0) is 14.8. The lowest BCUT2D eigenvalue weighted by molar-refractivity contribution is -0.0249. The standard InChI is InChI=1S/C14H18N2O4/c1-14(2)9-20-8-7-16(14)13(19)15-11-6-4-3-5-10(11)12(17)18/h3-6H,7-9H2,1-2H3,(H,15,19)(H,17,18). The number of urea groups is 1. The minimum atomic E-state index is -1.07. The molecule has 0 aliphatic carbocycles. The number of aromatic carboxylic acids is 1. The zero-order valence-corrected chi connectivity index (χ0v) is 11.5. The van der Waals surface area contributed by atoms with Crippen molar-refractivity contribution in [3.8, 4) is 0 Å². The van der Waals surface area contributed by atoms with Gasteiger partial charge in [0.25, 0.3) is 0 Å². The van der Waals surface area contributed by atoms with Gasteiger partial charge in [-0.05, 0) is 26.0 Å². The first-order valence-electron chi connectivity index (χ1n) is 6.40. The van der Waals surface area contributed by atoms with E-state index in [-0.39, 0.29) is 11.6 Å². The highest BCUT2D eigenvalue weighted by atomic mass is 16.5. The van der Waals surface area contributed by atoms with Crippen molar-refractivity contribution in [1.82, 2.24) is 4.90 Å². The molecule has 1 fully saturated rings. The maximum Gasteiger partial charge on any atom is 0.337 e. The van der Waals surface area contributed by atoms with Crippen LogP contribution in [0.15, 0.2) is 24.3 Å². The summed E-state index contributed by atoms with van der Waals surface area (Å²) in [5, 5.41) is 11.8. The summed E-state index contributed by atoms with van der Waals surface area (Å²) in [6, 6.07) is 6.04. The van der Waals surface area contributed by atoms with Crippen molar-refractivity contribution in [3.05, 3.63) is 29.8 Å². The summed E-state index contributed by atoms with van der Waals surface area (Å²) in [5.74, 6) is -1.07. The van der Waals surface area contributed by atoms with Crippen LogP contribution in [0.1, 0.15) is 24.2 Å². The molecule has 0 unspecified atom stereocenters. The molecule has 0 saturated carbocycles. The summed E-state index contributed by atoms with van der Waals surface area (Å²) < 4.78 is 5.36. The lowest BCUT2D eigenvalue weighted by Crippen LogP contribution is -2.56. The molecule has 2 rings (SSSR count). The van der Waals surface area contributed by atoms with Gasteiger partial charge >= 0.3 is 12.0 Å². The molecular weight excluding hydrogens is 260 g/mol. The van der Waals surface area contributed by atoms with Crippen LogP contribution in [-0.4, -0.2) is 47.3 Å². The predicted molar refractivity (Wildman–Crippen MR) is 74.0 cm³/mol. The molecule has 2 N–H and O–H groups in total. The number of hydrogen-bond acceptors (Lipinski definition) is 3. The maximum absolute atomic E-state index is 12.3. The molecule has 1 aromatic rings. The fourth-order valence-corrected chi connectivity index (χ4v) is 2.20. The first-order valence-corrected chi connectivity index (χ1v) is 6.40. The Morgan fingerprint density at radius 1 is 1.35 bits per heavy atom. The number of anilines is 1. The third kappa shape index (κ3) is 2.91. The van der Waals surface area contributed by atoms with Crippen LogP contribution in [0.5, 0.6) is 0 Å². The Kier molecular flexibility index (Phi) is 3.94. The molecule has 0 atom stereocenters. The van der Waals surface area contributed by atoms with E-state index in [2.05, 4.69) is 5.32 Å². The molecule has 1 aromatic carbocycles. The minimum Gasteiger partial charge on any atom is -0.478 e. The average molecular weight is 278 g/mol. The fourth-order valence-electron chi connectivity index (χ4n) is 2.20. The molecule has 6 heteroatoms. The molecule has 0 radical (unpaired) electrons. The van der Waals surface area contributed by atoms with Gasteiger partial charge in [-0.15, -0.1) is 0 Å². The van der Waals surface area contributed by atoms with Crippen LogP contribution in [-0.2, 0) is 4.74 Å². The van der Waals surface area contributed by atoms with Crippen molar-refractivity contribution in [2.45, 2.75) is 19.4 Å². The van der Waals surface area contributed by atoms with Crippen molar-refractivity contribution >= 4 is 17.7 Å². The fraction of sp³-hybridized carbons (Fsp3) is 0.429. The summed E-state index contributed by atoms with van der Waals surface area (Å²) >= 11 is 0. The van der Waals surface area contributed by atoms with Gasteiger partial charge in [0.1, 0.15) is 0 Å². The van der Waals surface area contributed by atoms with E-state index in [4.69, 9.17) is 9.84 Å². The van der Waals surface area contributed by atoms with Gasteiger partial charge in [-0.1, -0.05) is 12.1 Å². The van der Waals surface area contributed by atoms with Crippen molar-refractivity contribution in [3.63, 3.8) is 0 Å². The second kappa shape index (κ2) is 5.50. The molecule has 0 bridgehead atoms. The molecule has 1 heterocycles. The van der Waals surface area contributed by atoms with Crippen molar-refractivity contribution in [2.75, 3.05) is 25.1 Å². The van der Waals surface area contributed by atoms with E-state index in [0.717, 1.165) is 0 Å². The first kappa shape index (κ1) is 14.3. The molecular formula is C14H18N2O4. The highest BCUT2D eigenvalue weighted by Gasteiger charge is 2.34. The predicted octanol–water partition coefficient (Wildman–Crippen LogP) is 2.03. The number of carbonyl (C=O) groups excluding carboxylic acids is 1. The molecule has 108 valence electrons. The molecule has 1 aliphatic heterocycles. The monoisotopic (exact) mass is 278 g/mol. The summed E-state index contributed by atoms with van der Waals surface area (Å²) in [5.41, 5.74) is -0.0419. The number of benzene rings is 1. The smallest absolute Gasteiger partial charge is 0.337 e. The third-order valence-corrected chi connectivity index (χ3v) is 3.29. The van der Waals surface area contributed by atoms with E-state index >= 15 is 0 Å². The quantitative estimate of drug-likeness (QED) is 0.867. The van der Waals surface area contributed by atoms with Gasteiger partial charge in [0.15, 0.2) is 0 Å². The Bertz CT molecular complexity index is 528. The van der Waals surface area contributed by atoms with Crippen molar-refractivity contribution in [2.24, 2.45) is 0 Å². The molecule has 20 heavy (non-hydrogen) atoms. The number of para-hydroxylation sites is 1. The second-order valence-corrected chi connectivity index (χ2v) is 5.30. The molecule has 1 aliphatic rings. The van der Waals surface area contributed by atoms with Gasteiger partial charge < -0.3 is 20.1 Å². The molecule has 0 spiro atoms. The third-order valence-electron chi connectivity index (χ3n) is 3.29.